The highest BCUT2D eigenvalue weighted by Crippen LogP contribution is 2.17. The minimum Gasteiger partial charge on any atom is -0.478 e. The van der Waals surface area contributed by atoms with Crippen LogP contribution < -0.4 is 5.32 Å². The van der Waals surface area contributed by atoms with E-state index in [9.17, 15) is 4.79 Å². The summed E-state index contributed by atoms with van der Waals surface area (Å²) in [6.07, 6.45) is 3.91. The SMILES string of the molecule is O=C(O)c1ccc(CNC2CCCSC2)nc1. The van der Waals surface area contributed by atoms with Crippen molar-refractivity contribution in [1.29, 1.82) is 0 Å². The van der Waals surface area contributed by atoms with Crippen molar-refractivity contribution in [2.75, 3.05) is 11.5 Å². The maximum Gasteiger partial charge on any atom is 0.337 e. The highest BCUT2D eigenvalue weighted by atomic mass is 32.2. The van der Waals surface area contributed by atoms with Crippen LogP contribution in [-0.2, 0) is 6.54 Å². The molecule has 0 amide bonds. The third-order valence-corrected chi connectivity index (χ3v) is 4.02. The first-order chi connectivity index (χ1) is 8.25. The monoisotopic (exact) mass is 252 g/mol. The van der Waals surface area contributed by atoms with E-state index in [-0.39, 0.29) is 5.56 Å². The number of hydrogen-bond donors (Lipinski definition) is 2. The van der Waals surface area contributed by atoms with Gasteiger partial charge in [0.15, 0.2) is 0 Å². The molecule has 0 aromatic carbocycles. The molecule has 0 bridgehead atoms. The third-order valence-electron chi connectivity index (χ3n) is 2.80. The number of pyridine rings is 1. The van der Waals surface area contributed by atoms with Gasteiger partial charge in [0, 0.05) is 24.5 Å². The Labute approximate surface area is 105 Å². The molecule has 1 saturated heterocycles. The average molecular weight is 252 g/mol. The first kappa shape index (κ1) is 12.4. The number of rotatable bonds is 4. The minimum atomic E-state index is -0.930. The predicted molar refractivity (Wildman–Crippen MR) is 68.4 cm³/mol. The van der Waals surface area contributed by atoms with E-state index in [1.54, 1.807) is 12.1 Å². The molecule has 1 fully saturated rings. The van der Waals surface area contributed by atoms with Gasteiger partial charge in [-0.15, -0.1) is 0 Å². The number of carbonyl (C=O) groups is 1. The topological polar surface area (TPSA) is 62.2 Å². The Kier molecular flexibility index (Phi) is 4.39. The smallest absolute Gasteiger partial charge is 0.337 e. The minimum absolute atomic E-state index is 0.238. The van der Waals surface area contributed by atoms with Gasteiger partial charge in [0.1, 0.15) is 0 Å². The molecule has 1 aliphatic heterocycles. The Morgan fingerprint density at radius 1 is 1.59 bits per heavy atom. The van der Waals surface area contributed by atoms with Crippen molar-refractivity contribution in [3.8, 4) is 0 Å². The van der Waals surface area contributed by atoms with Crippen molar-refractivity contribution in [3.05, 3.63) is 29.6 Å². The van der Waals surface area contributed by atoms with Crippen LogP contribution in [0.2, 0.25) is 0 Å². The number of nitrogens with one attached hydrogen (secondary N) is 1. The van der Waals surface area contributed by atoms with E-state index in [1.165, 1.54) is 24.8 Å². The van der Waals surface area contributed by atoms with Crippen LogP contribution in [0, 0.1) is 0 Å². The van der Waals surface area contributed by atoms with Crippen molar-refractivity contribution in [2.45, 2.75) is 25.4 Å². The largest absolute Gasteiger partial charge is 0.478 e. The van der Waals surface area contributed by atoms with E-state index in [2.05, 4.69) is 10.3 Å². The Hall–Kier alpha value is -1.07. The van der Waals surface area contributed by atoms with E-state index in [1.807, 2.05) is 11.8 Å². The van der Waals surface area contributed by atoms with E-state index < -0.39 is 5.97 Å². The first-order valence-corrected chi connectivity index (χ1v) is 6.90. The fraction of sp³-hybridized carbons (Fsp3) is 0.500. The summed E-state index contributed by atoms with van der Waals surface area (Å²) in [5.41, 5.74) is 1.13. The van der Waals surface area contributed by atoms with Gasteiger partial charge in [-0.25, -0.2) is 4.79 Å². The van der Waals surface area contributed by atoms with Gasteiger partial charge in [0.25, 0.3) is 0 Å². The molecule has 0 aliphatic carbocycles. The highest BCUT2D eigenvalue weighted by Gasteiger charge is 2.13. The Morgan fingerprint density at radius 2 is 2.47 bits per heavy atom. The molecule has 2 N–H and O–H groups in total. The van der Waals surface area contributed by atoms with E-state index in [0.29, 0.717) is 12.6 Å². The molecule has 92 valence electrons. The molecule has 2 heterocycles. The van der Waals surface area contributed by atoms with Crippen molar-refractivity contribution in [1.82, 2.24) is 10.3 Å². The van der Waals surface area contributed by atoms with Gasteiger partial charge >= 0.3 is 5.97 Å². The van der Waals surface area contributed by atoms with Crippen LogP contribution in [0.5, 0.6) is 0 Å². The Balaban J connectivity index is 1.84. The number of carboxylic acids is 1. The molecule has 2 rings (SSSR count). The van der Waals surface area contributed by atoms with Gasteiger partial charge in [-0.3, -0.25) is 4.98 Å². The normalized spacial score (nSPS) is 20.1. The van der Waals surface area contributed by atoms with Gasteiger partial charge in [-0.1, -0.05) is 0 Å². The zero-order valence-corrected chi connectivity index (χ0v) is 10.4. The highest BCUT2D eigenvalue weighted by molar-refractivity contribution is 7.99. The fourth-order valence-electron chi connectivity index (χ4n) is 1.81. The third kappa shape index (κ3) is 3.71. The molecule has 0 spiro atoms. The van der Waals surface area contributed by atoms with Gasteiger partial charge in [-0.2, -0.15) is 11.8 Å². The quantitative estimate of drug-likeness (QED) is 0.855. The standard InChI is InChI=1S/C12H16N2O2S/c15-12(16)9-3-4-10(13-6-9)7-14-11-2-1-5-17-8-11/h3-4,6,11,14H,1-2,5,7-8H2,(H,15,16). The van der Waals surface area contributed by atoms with Crippen molar-refractivity contribution >= 4 is 17.7 Å². The summed E-state index contributed by atoms with van der Waals surface area (Å²) in [5, 5.41) is 12.2. The van der Waals surface area contributed by atoms with Crippen LogP contribution in [0.25, 0.3) is 0 Å². The van der Waals surface area contributed by atoms with Crippen LogP contribution in [0.1, 0.15) is 28.9 Å². The Bertz CT molecular complexity index is 375. The molecule has 1 aromatic rings. The zero-order valence-electron chi connectivity index (χ0n) is 9.56. The summed E-state index contributed by atoms with van der Waals surface area (Å²) in [5.74, 6) is 1.50. The maximum atomic E-state index is 10.7. The maximum absolute atomic E-state index is 10.7. The molecule has 0 saturated carbocycles. The van der Waals surface area contributed by atoms with Gasteiger partial charge in [-0.05, 0) is 30.7 Å². The van der Waals surface area contributed by atoms with Crippen molar-refractivity contribution in [2.24, 2.45) is 0 Å². The average Bonchev–Trinajstić information content (AvgIpc) is 2.38. The number of aromatic nitrogens is 1. The number of aromatic carboxylic acids is 1. The van der Waals surface area contributed by atoms with Crippen LogP contribution >= 0.6 is 11.8 Å². The number of nitrogens with zero attached hydrogens (tertiary/aromatic N) is 1. The van der Waals surface area contributed by atoms with Crippen LogP contribution in [0.3, 0.4) is 0 Å². The lowest BCUT2D eigenvalue weighted by Gasteiger charge is -2.22. The number of carboxylic acid groups (broad SMARTS) is 1. The first-order valence-electron chi connectivity index (χ1n) is 5.75. The van der Waals surface area contributed by atoms with Crippen molar-refractivity contribution in [3.63, 3.8) is 0 Å². The Morgan fingerprint density at radius 3 is 3.06 bits per heavy atom. The summed E-state index contributed by atoms with van der Waals surface area (Å²) in [6, 6.07) is 3.93. The second-order valence-electron chi connectivity index (χ2n) is 4.14. The van der Waals surface area contributed by atoms with Crippen LogP contribution in [-0.4, -0.2) is 33.6 Å². The van der Waals surface area contributed by atoms with E-state index >= 15 is 0 Å². The molecule has 0 radical (unpaired) electrons. The summed E-state index contributed by atoms with van der Waals surface area (Å²) >= 11 is 1.98. The second-order valence-corrected chi connectivity index (χ2v) is 5.29. The van der Waals surface area contributed by atoms with Gasteiger partial charge in [0.2, 0.25) is 0 Å². The molecule has 1 aromatic heterocycles. The zero-order chi connectivity index (χ0) is 12.1. The van der Waals surface area contributed by atoms with Crippen molar-refractivity contribution < 1.29 is 9.90 Å². The summed E-state index contributed by atoms with van der Waals surface area (Å²) < 4.78 is 0. The number of thioether (sulfide) groups is 1. The molecule has 1 unspecified atom stereocenters. The second kappa shape index (κ2) is 6.02. The van der Waals surface area contributed by atoms with Crippen LogP contribution in [0.4, 0.5) is 0 Å². The molecule has 5 heteroatoms. The molecular weight excluding hydrogens is 236 g/mol. The van der Waals surface area contributed by atoms with Gasteiger partial charge in [0.05, 0.1) is 11.3 Å². The number of hydrogen-bond acceptors (Lipinski definition) is 4. The lowest BCUT2D eigenvalue weighted by atomic mass is 10.2. The lowest BCUT2D eigenvalue weighted by molar-refractivity contribution is 0.0696. The molecular formula is C12H16N2O2S. The summed E-state index contributed by atoms with van der Waals surface area (Å²) in [4.78, 5) is 14.8. The molecule has 4 nitrogen and oxygen atoms in total. The summed E-state index contributed by atoms with van der Waals surface area (Å²) in [6.45, 7) is 0.713. The molecule has 1 atom stereocenters. The van der Waals surface area contributed by atoms with E-state index in [4.69, 9.17) is 5.11 Å². The van der Waals surface area contributed by atoms with E-state index in [0.717, 1.165) is 11.4 Å². The fourth-order valence-corrected chi connectivity index (χ4v) is 2.91. The predicted octanol–water partition coefficient (Wildman–Crippen LogP) is 1.77. The van der Waals surface area contributed by atoms with Crippen LogP contribution in [0.15, 0.2) is 18.3 Å². The molecule has 17 heavy (non-hydrogen) atoms. The molecule has 1 aliphatic rings. The van der Waals surface area contributed by atoms with Gasteiger partial charge < -0.3 is 10.4 Å². The summed E-state index contributed by atoms with van der Waals surface area (Å²) in [7, 11) is 0. The lowest BCUT2D eigenvalue weighted by Crippen LogP contribution is -2.33.